The highest BCUT2D eigenvalue weighted by atomic mass is 35.5. The number of nitrogens with zero attached hydrogens (tertiary/aromatic N) is 1. The van der Waals surface area contributed by atoms with Crippen molar-refractivity contribution in [1.29, 1.82) is 0 Å². The van der Waals surface area contributed by atoms with E-state index in [1.807, 2.05) is 60.7 Å². The Kier molecular flexibility index (Phi) is 5.72. The topological polar surface area (TPSA) is 39.3 Å². The molecule has 0 amide bonds. The second kappa shape index (κ2) is 8.50. The van der Waals surface area contributed by atoms with Crippen LogP contribution in [0.3, 0.4) is 0 Å². The third-order valence-corrected chi connectivity index (χ3v) is 6.90. The number of nitrogens with one attached hydrogen (secondary N) is 1. The van der Waals surface area contributed by atoms with Gasteiger partial charge in [-0.2, -0.15) is 0 Å². The van der Waals surface area contributed by atoms with Gasteiger partial charge in [0.1, 0.15) is 0 Å². The van der Waals surface area contributed by atoms with Crippen LogP contribution in [0.15, 0.2) is 60.7 Å². The monoisotopic (exact) mass is 470 g/mol. The smallest absolute Gasteiger partial charge is 0.0931 e. The second-order valence-corrected chi connectivity index (χ2v) is 9.24. The standard InChI is InChI=1S/C25H21Cl3N2O/c26-16-6-4-15(5-7-16)18-2-1-3-20(25(18)28)24(31)14-30-11-10-19-21-12-17(27)8-9-22(21)29-23(19)13-30/h1-9,12,24,29,31H,10-11,13-14H2. The van der Waals surface area contributed by atoms with Crippen molar-refractivity contribution in [3.63, 3.8) is 0 Å². The van der Waals surface area contributed by atoms with Crippen LogP contribution < -0.4 is 0 Å². The summed E-state index contributed by atoms with van der Waals surface area (Å²) < 4.78 is 0. The first-order valence-corrected chi connectivity index (χ1v) is 11.4. The highest BCUT2D eigenvalue weighted by Gasteiger charge is 2.24. The van der Waals surface area contributed by atoms with Crippen LogP contribution in [-0.2, 0) is 13.0 Å². The van der Waals surface area contributed by atoms with Crippen LogP contribution in [0.25, 0.3) is 22.0 Å². The van der Waals surface area contributed by atoms with Crippen molar-refractivity contribution in [1.82, 2.24) is 9.88 Å². The summed E-state index contributed by atoms with van der Waals surface area (Å²) in [7, 11) is 0. The van der Waals surface area contributed by atoms with Crippen molar-refractivity contribution in [3.8, 4) is 11.1 Å². The van der Waals surface area contributed by atoms with Gasteiger partial charge in [0.15, 0.2) is 0 Å². The van der Waals surface area contributed by atoms with Gasteiger partial charge in [0, 0.05) is 57.4 Å². The molecule has 1 aliphatic rings. The first-order valence-electron chi connectivity index (χ1n) is 10.2. The van der Waals surface area contributed by atoms with Crippen LogP contribution in [0.4, 0.5) is 0 Å². The third kappa shape index (κ3) is 4.09. The molecule has 3 aromatic carbocycles. The summed E-state index contributed by atoms with van der Waals surface area (Å²) in [6.45, 7) is 2.14. The summed E-state index contributed by atoms with van der Waals surface area (Å²) >= 11 is 18.9. The van der Waals surface area contributed by atoms with E-state index in [-0.39, 0.29) is 0 Å². The van der Waals surface area contributed by atoms with E-state index >= 15 is 0 Å². The minimum Gasteiger partial charge on any atom is -0.387 e. The predicted molar refractivity (Wildman–Crippen MR) is 129 cm³/mol. The lowest BCUT2D eigenvalue weighted by Gasteiger charge is -2.29. The fraction of sp³-hybridized carbons (Fsp3) is 0.200. The number of aromatic nitrogens is 1. The molecule has 2 heterocycles. The maximum absolute atomic E-state index is 11.0. The third-order valence-electron chi connectivity index (χ3n) is 5.99. The highest BCUT2D eigenvalue weighted by molar-refractivity contribution is 6.34. The molecule has 0 saturated heterocycles. The Bertz CT molecular complexity index is 1250. The summed E-state index contributed by atoms with van der Waals surface area (Å²) in [6, 6.07) is 19.3. The predicted octanol–water partition coefficient (Wildman–Crippen LogP) is 6.89. The second-order valence-electron chi connectivity index (χ2n) is 7.99. The molecule has 0 bridgehead atoms. The van der Waals surface area contributed by atoms with Crippen molar-refractivity contribution in [2.75, 3.05) is 13.1 Å². The number of aliphatic hydroxyl groups excluding tert-OH is 1. The molecular weight excluding hydrogens is 451 g/mol. The number of hydrogen-bond donors (Lipinski definition) is 2. The summed E-state index contributed by atoms with van der Waals surface area (Å²) in [6.07, 6.45) is 0.237. The molecule has 2 N–H and O–H groups in total. The number of β-amino-alcohol motifs (C(OH)–C–C–N with tert-alkyl or cyclic N) is 1. The van der Waals surface area contributed by atoms with Crippen LogP contribution in [0.5, 0.6) is 0 Å². The van der Waals surface area contributed by atoms with E-state index in [0.717, 1.165) is 46.7 Å². The Hall–Kier alpha value is -2.01. The molecule has 0 fully saturated rings. The molecule has 158 valence electrons. The average Bonchev–Trinajstić information content (AvgIpc) is 3.11. The van der Waals surface area contributed by atoms with Crippen molar-refractivity contribution in [3.05, 3.63) is 92.6 Å². The van der Waals surface area contributed by atoms with Crippen molar-refractivity contribution < 1.29 is 5.11 Å². The van der Waals surface area contributed by atoms with Crippen molar-refractivity contribution in [2.45, 2.75) is 19.1 Å². The molecule has 0 radical (unpaired) electrons. The zero-order valence-electron chi connectivity index (χ0n) is 16.7. The molecule has 0 aliphatic carbocycles. The molecule has 1 unspecified atom stereocenters. The van der Waals surface area contributed by atoms with Gasteiger partial charge in [-0.25, -0.2) is 0 Å². The lowest BCUT2D eigenvalue weighted by Crippen LogP contribution is -2.34. The average molecular weight is 472 g/mol. The van der Waals surface area contributed by atoms with Crippen molar-refractivity contribution in [2.24, 2.45) is 0 Å². The summed E-state index contributed by atoms with van der Waals surface area (Å²) in [4.78, 5) is 5.77. The molecule has 4 aromatic rings. The van der Waals surface area contributed by atoms with E-state index in [2.05, 4.69) is 9.88 Å². The molecule has 3 nitrogen and oxygen atoms in total. The Labute approximate surface area is 196 Å². The first kappa shape index (κ1) is 20.9. The fourth-order valence-electron chi connectivity index (χ4n) is 4.43. The van der Waals surface area contributed by atoms with Crippen LogP contribution in [0.1, 0.15) is 22.9 Å². The van der Waals surface area contributed by atoms with Gasteiger partial charge in [0.2, 0.25) is 0 Å². The van der Waals surface area contributed by atoms with Crippen LogP contribution in [0, 0.1) is 0 Å². The first-order chi connectivity index (χ1) is 15.0. The number of benzene rings is 3. The van der Waals surface area contributed by atoms with Gasteiger partial charge in [-0.3, -0.25) is 4.90 Å². The van der Waals surface area contributed by atoms with Gasteiger partial charge in [0.25, 0.3) is 0 Å². The maximum Gasteiger partial charge on any atom is 0.0931 e. The number of H-pyrrole nitrogens is 1. The molecule has 5 rings (SSSR count). The summed E-state index contributed by atoms with van der Waals surface area (Å²) in [5.41, 5.74) is 6.23. The minimum absolute atomic E-state index is 0.513. The van der Waals surface area contributed by atoms with E-state index in [9.17, 15) is 5.11 Å². The number of rotatable bonds is 4. The molecule has 1 atom stereocenters. The Morgan fingerprint density at radius 3 is 2.55 bits per heavy atom. The van der Waals surface area contributed by atoms with Crippen molar-refractivity contribution >= 4 is 45.7 Å². The van der Waals surface area contributed by atoms with Gasteiger partial charge in [-0.15, -0.1) is 0 Å². The Balaban J connectivity index is 1.36. The van der Waals surface area contributed by atoms with Crippen LogP contribution >= 0.6 is 34.8 Å². The van der Waals surface area contributed by atoms with Crippen LogP contribution in [0.2, 0.25) is 15.1 Å². The zero-order chi connectivity index (χ0) is 21.5. The zero-order valence-corrected chi connectivity index (χ0v) is 19.0. The summed E-state index contributed by atoms with van der Waals surface area (Å²) in [5.74, 6) is 0. The SMILES string of the molecule is OC(CN1CCc2c([nH]c3ccc(Cl)cc23)C1)c1cccc(-c2ccc(Cl)cc2)c1Cl. The molecule has 6 heteroatoms. The maximum atomic E-state index is 11.0. The fourth-order valence-corrected chi connectivity index (χ4v) is 5.09. The minimum atomic E-state index is -0.680. The number of fused-ring (bicyclic) bond motifs is 3. The molecule has 0 saturated carbocycles. The molecular formula is C25H21Cl3N2O. The Morgan fingerprint density at radius 2 is 1.74 bits per heavy atom. The molecule has 0 spiro atoms. The van der Waals surface area contributed by atoms with E-state index in [1.54, 1.807) is 0 Å². The lowest BCUT2D eigenvalue weighted by atomic mass is 9.99. The summed E-state index contributed by atoms with van der Waals surface area (Å²) in [5, 5.41) is 14.2. The number of hydrogen-bond acceptors (Lipinski definition) is 2. The largest absolute Gasteiger partial charge is 0.387 e. The van der Waals surface area contributed by atoms with Crippen LogP contribution in [-0.4, -0.2) is 28.1 Å². The molecule has 31 heavy (non-hydrogen) atoms. The van der Waals surface area contributed by atoms with E-state index < -0.39 is 6.10 Å². The van der Waals surface area contributed by atoms with Gasteiger partial charge in [-0.1, -0.05) is 65.1 Å². The normalized spacial score (nSPS) is 15.2. The molecule has 1 aliphatic heterocycles. The number of aromatic amines is 1. The number of halogens is 3. The van der Waals surface area contributed by atoms with Gasteiger partial charge in [-0.05, 0) is 47.9 Å². The van der Waals surface area contributed by atoms with E-state index in [1.165, 1.54) is 16.6 Å². The van der Waals surface area contributed by atoms with E-state index in [0.29, 0.717) is 16.6 Å². The highest BCUT2D eigenvalue weighted by Crippen LogP contribution is 2.35. The quantitative estimate of drug-likeness (QED) is 0.340. The van der Waals surface area contributed by atoms with Gasteiger partial charge < -0.3 is 10.1 Å². The van der Waals surface area contributed by atoms with Gasteiger partial charge >= 0.3 is 0 Å². The van der Waals surface area contributed by atoms with E-state index in [4.69, 9.17) is 34.8 Å². The van der Waals surface area contributed by atoms with Gasteiger partial charge in [0.05, 0.1) is 11.1 Å². The lowest BCUT2D eigenvalue weighted by molar-refractivity contribution is 0.105. The number of aliphatic hydroxyl groups is 1. The molecule has 1 aromatic heterocycles. The Morgan fingerprint density at radius 1 is 0.968 bits per heavy atom.